The summed E-state index contributed by atoms with van der Waals surface area (Å²) in [6.07, 6.45) is 0. The quantitative estimate of drug-likeness (QED) is 0.306. The summed E-state index contributed by atoms with van der Waals surface area (Å²) in [5.74, 6) is 0. The highest BCUT2D eigenvalue weighted by molar-refractivity contribution is 7.21. The molecule has 0 radical (unpaired) electrons. The summed E-state index contributed by atoms with van der Waals surface area (Å²) < 4.78 is 1.11. The van der Waals surface area contributed by atoms with Gasteiger partial charge in [0.2, 0.25) is 0 Å². The fourth-order valence-electron chi connectivity index (χ4n) is 3.74. The van der Waals surface area contributed by atoms with Gasteiger partial charge in [-0.3, -0.25) is 0 Å². The number of fused-ring (bicyclic) bond motifs is 1. The van der Waals surface area contributed by atoms with Gasteiger partial charge in [-0.1, -0.05) is 24.3 Å². The number of hydrogen-bond donors (Lipinski definition) is 0. The number of nitrogens with zero attached hydrogens (tertiary/aromatic N) is 4. The SMILES string of the molecule is N#Cc1ccc(-c2cc(-c3cc(C#N)cc(C#N)c3)cc(-c3nc4ccccc4s3)c2)cc1. The van der Waals surface area contributed by atoms with Crippen molar-refractivity contribution in [2.45, 2.75) is 0 Å². The van der Waals surface area contributed by atoms with E-state index in [1.165, 1.54) is 0 Å². The molecule has 1 aromatic heterocycles. The van der Waals surface area contributed by atoms with E-state index in [4.69, 9.17) is 10.2 Å². The maximum atomic E-state index is 9.43. The molecule has 0 spiro atoms. The standard InChI is InChI=1S/C28H14N4S/c29-15-18-5-7-21(8-6-18)23-12-24(22-10-19(16-30)9-20(11-22)17-31)14-25(13-23)28-32-26-3-1-2-4-27(26)33-28/h1-14H. The topological polar surface area (TPSA) is 84.3 Å². The van der Waals surface area contributed by atoms with Crippen molar-refractivity contribution in [3.63, 3.8) is 0 Å². The molecule has 0 atom stereocenters. The van der Waals surface area contributed by atoms with E-state index in [-0.39, 0.29) is 0 Å². The Hall–Kier alpha value is -4.76. The summed E-state index contributed by atoms with van der Waals surface area (Å²) in [4.78, 5) is 4.82. The fourth-order valence-corrected chi connectivity index (χ4v) is 4.69. The van der Waals surface area contributed by atoms with Crippen LogP contribution in [0.5, 0.6) is 0 Å². The Morgan fingerprint density at radius 2 is 1.12 bits per heavy atom. The van der Waals surface area contributed by atoms with Gasteiger partial charge in [-0.25, -0.2) is 4.98 Å². The summed E-state index contributed by atoms with van der Waals surface area (Å²) in [5, 5.41) is 28.9. The van der Waals surface area contributed by atoms with Crippen LogP contribution in [0.25, 0.3) is 43.0 Å². The van der Waals surface area contributed by atoms with Crippen molar-refractivity contribution >= 4 is 21.6 Å². The van der Waals surface area contributed by atoms with Gasteiger partial charge in [0.15, 0.2) is 0 Å². The third kappa shape index (κ3) is 3.95. The van der Waals surface area contributed by atoms with Crippen molar-refractivity contribution < 1.29 is 0 Å². The van der Waals surface area contributed by atoms with E-state index >= 15 is 0 Å². The lowest BCUT2D eigenvalue weighted by atomic mass is 9.94. The molecule has 0 bridgehead atoms. The molecule has 0 aliphatic carbocycles. The molecule has 0 N–H and O–H groups in total. The minimum absolute atomic E-state index is 0.439. The highest BCUT2D eigenvalue weighted by atomic mass is 32.1. The number of nitriles is 3. The Labute approximate surface area is 194 Å². The van der Waals surface area contributed by atoms with Gasteiger partial charge in [0.05, 0.1) is 45.1 Å². The van der Waals surface area contributed by atoms with Gasteiger partial charge < -0.3 is 0 Å². The van der Waals surface area contributed by atoms with Crippen LogP contribution in [0.2, 0.25) is 0 Å². The molecule has 0 saturated carbocycles. The molecule has 5 heteroatoms. The smallest absolute Gasteiger partial charge is 0.124 e. The maximum absolute atomic E-state index is 9.43. The molecule has 33 heavy (non-hydrogen) atoms. The minimum Gasteiger partial charge on any atom is -0.236 e. The molecule has 5 aromatic rings. The van der Waals surface area contributed by atoms with E-state index in [0.717, 1.165) is 43.0 Å². The largest absolute Gasteiger partial charge is 0.236 e. The molecular weight excluding hydrogens is 424 g/mol. The molecule has 4 aromatic carbocycles. The van der Waals surface area contributed by atoms with Crippen LogP contribution in [0.3, 0.4) is 0 Å². The Kier molecular flexibility index (Phi) is 5.13. The predicted octanol–water partition coefficient (Wildman–Crippen LogP) is 6.91. The van der Waals surface area contributed by atoms with Gasteiger partial charge in [0.1, 0.15) is 5.01 Å². The lowest BCUT2D eigenvalue weighted by Crippen LogP contribution is -1.88. The van der Waals surface area contributed by atoms with Crippen LogP contribution in [0.1, 0.15) is 16.7 Å². The van der Waals surface area contributed by atoms with Gasteiger partial charge in [0, 0.05) is 5.56 Å². The Bertz CT molecular complexity index is 1580. The molecule has 0 aliphatic heterocycles. The minimum atomic E-state index is 0.439. The van der Waals surface area contributed by atoms with E-state index in [1.54, 1.807) is 41.7 Å². The van der Waals surface area contributed by atoms with Gasteiger partial charge in [0.25, 0.3) is 0 Å². The second-order valence-corrected chi connectivity index (χ2v) is 8.53. The van der Waals surface area contributed by atoms with Crippen LogP contribution in [-0.2, 0) is 0 Å². The van der Waals surface area contributed by atoms with E-state index in [1.807, 2.05) is 42.5 Å². The highest BCUT2D eigenvalue weighted by Gasteiger charge is 2.12. The normalized spacial score (nSPS) is 10.3. The second-order valence-electron chi connectivity index (χ2n) is 7.50. The van der Waals surface area contributed by atoms with Gasteiger partial charge in [-0.15, -0.1) is 11.3 Å². The number of rotatable bonds is 3. The van der Waals surface area contributed by atoms with E-state index < -0.39 is 0 Å². The number of thiazole rings is 1. The van der Waals surface area contributed by atoms with Crippen LogP contribution in [0, 0.1) is 34.0 Å². The average Bonchev–Trinajstić information content (AvgIpc) is 3.32. The van der Waals surface area contributed by atoms with Crippen molar-refractivity contribution in [3.8, 4) is 51.0 Å². The summed E-state index contributed by atoms with van der Waals surface area (Å²) in [5.41, 5.74) is 6.99. The zero-order chi connectivity index (χ0) is 22.8. The van der Waals surface area contributed by atoms with Crippen molar-refractivity contribution in [3.05, 3.63) is 102 Å². The Morgan fingerprint density at radius 1 is 0.545 bits per heavy atom. The first-order valence-electron chi connectivity index (χ1n) is 10.1. The van der Waals surface area contributed by atoms with Crippen LogP contribution in [-0.4, -0.2) is 4.98 Å². The van der Waals surface area contributed by atoms with Crippen LogP contribution >= 0.6 is 11.3 Å². The van der Waals surface area contributed by atoms with Crippen LogP contribution in [0.15, 0.2) is 84.9 Å². The van der Waals surface area contributed by atoms with Crippen LogP contribution < -0.4 is 0 Å². The average molecular weight is 439 g/mol. The zero-order valence-electron chi connectivity index (χ0n) is 17.3. The lowest BCUT2D eigenvalue weighted by molar-refractivity contribution is 1.44. The number of benzene rings is 4. The monoisotopic (exact) mass is 438 g/mol. The molecule has 5 rings (SSSR count). The van der Waals surface area contributed by atoms with E-state index in [0.29, 0.717) is 16.7 Å². The van der Waals surface area contributed by atoms with Crippen molar-refractivity contribution in [1.82, 2.24) is 4.98 Å². The van der Waals surface area contributed by atoms with Crippen LogP contribution in [0.4, 0.5) is 0 Å². The molecule has 152 valence electrons. The maximum Gasteiger partial charge on any atom is 0.124 e. The summed E-state index contributed by atoms with van der Waals surface area (Å²) in [6, 6.07) is 33.2. The predicted molar refractivity (Wildman–Crippen MR) is 130 cm³/mol. The van der Waals surface area contributed by atoms with Gasteiger partial charge >= 0.3 is 0 Å². The van der Waals surface area contributed by atoms with Gasteiger partial charge in [-0.05, 0) is 82.9 Å². The van der Waals surface area contributed by atoms with Crippen molar-refractivity contribution in [2.75, 3.05) is 0 Å². The molecular formula is C28H14N4S. The number of para-hydroxylation sites is 1. The highest BCUT2D eigenvalue weighted by Crippen LogP contribution is 2.36. The van der Waals surface area contributed by atoms with Crippen molar-refractivity contribution in [2.24, 2.45) is 0 Å². The summed E-state index contributed by atoms with van der Waals surface area (Å²) >= 11 is 1.62. The Balaban J connectivity index is 1.73. The summed E-state index contributed by atoms with van der Waals surface area (Å²) in [6.45, 7) is 0. The molecule has 0 saturated heterocycles. The molecule has 0 fully saturated rings. The molecule has 4 nitrogen and oxygen atoms in total. The van der Waals surface area contributed by atoms with E-state index in [9.17, 15) is 10.5 Å². The molecule has 0 aliphatic rings. The first kappa shape index (κ1) is 20.2. The van der Waals surface area contributed by atoms with Crippen molar-refractivity contribution in [1.29, 1.82) is 15.8 Å². The third-order valence-corrected chi connectivity index (χ3v) is 6.43. The first-order valence-corrected chi connectivity index (χ1v) is 11.0. The fraction of sp³-hybridized carbons (Fsp3) is 0. The second kappa shape index (κ2) is 8.40. The first-order chi connectivity index (χ1) is 16.2. The number of hydrogen-bond acceptors (Lipinski definition) is 5. The number of aromatic nitrogens is 1. The molecule has 0 unspecified atom stereocenters. The summed E-state index contributed by atoms with van der Waals surface area (Å²) in [7, 11) is 0. The zero-order valence-corrected chi connectivity index (χ0v) is 18.1. The Morgan fingerprint density at radius 3 is 1.76 bits per heavy atom. The molecule has 0 amide bonds. The lowest BCUT2D eigenvalue weighted by Gasteiger charge is -2.10. The van der Waals surface area contributed by atoms with E-state index in [2.05, 4.69) is 30.3 Å². The molecule has 1 heterocycles. The third-order valence-electron chi connectivity index (χ3n) is 5.35. The van der Waals surface area contributed by atoms with Gasteiger partial charge in [-0.2, -0.15) is 15.8 Å².